The van der Waals surface area contributed by atoms with Gasteiger partial charge in [0.05, 0.1) is 23.1 Å². The number of imidazole rings is 1. The van der Waals surface area contributed by atoms with Crippen molar-refractivity contribution in [1.29, 1.82) is 0 Å². The number of rotatable bonds is 3. The molecule has 6 heteroatoms. The molecule has 0 N–H and O–H groups in total. The highest BCUT2D eigenvalue weighted by Gasteiger charge is 2.30. The Morgan fingerprint density at radius 1 is 0.815 bits per heavy atom. The molecule has 136 valence electrons. The highest BCUT2D eigenvalue weighted by Crippen LogP contribution is 2.32. The molecule has 0 radical (unpaired) electrons. The fraction of sp³-hybridized carbons (Fsp3) is 0.0952. The number of nitrogens with zero attached hydrogens (tertiary/aromatic N) is 2. The average molecular weight is 370 g/mol. The predicted octanol–water partition coefficient (Wildman–Crippen LogP) is 5.91. The lowest BCUT2D eigenvalue weighted by Crippen LogP contribution is -2.06. The molecule has 1 aromatic heterocycles. The van der Waals surface area contributed by atoms with Crippen molar-refractivity contribution >= 4 is 11.0 Å². The van der Waals surface area contributed by atoms with Gasteiger partial charge in [-0.1, -0.05) is 42.5 Å². The molecular weight excluding hydrogens is 356 g/mol. The molecule has 0 spiro atoms. The van der Waals surface area contributed by atoms with E-state index in [0.29, 0.717) is 22.5 Å². The third-order valence-electron chi connectivity index (χ3n) is 4.41. The van der Waals surface area contributed by atoms with Gasteiger partial charge >= 0.3 is 6.18 Å². The van der Waals surface area contributed by atoms with Gasteiger partial charge < -0.3 is 4.57 Å². The molecule has 0 saturated carbocycles. The zero-order chi connectivity index (χ0) is 19.0. The summed E-state index contributed by atoms with van der Waals surface area (Å²) < 4.78 is 54.5. The molecule has 0 aliphatic carbocycles. The molecule has 0 aliphatic heterocycles. The van der Waals surface area contributed by atoms with Crippen molar-refractivity contribution in [1.82, 2.24) is 9.55 Å². The molecule has 1 heterocycles. The first-order chi connectivity index (χ1) is 12.9. The Balaban J connectivity index is 1.84. The molecule has 27 heavy (non-hydrogen) atoms. The molecule has 0 fully saturated rings. The van der Waals surface area contributed by atoms with Gasteiger partial charge in [0.1, 0.15) is 11.6 Å². The topological polar surface area (TPSA) is 17.8 Å². The van der Waals surface area contributed by atoms with Gasteiger partial charge in [-0.25, -0.2) is 9.37 Å². The molecule has 0 amide bonds. The van der Waals surface area contributed by atoms with Crippen molar-refractivity contribution in [2.24, 2.45) is 0 Å². The minimum absolute atomic E-state index is 0.226. The number of hydrogen-bond donors (Lipinski definition) is 0. The predicted molar refractivity (Wildman–Crippen MR) is 95.7 cm³/mol. The lowest BCUT2D eigenvalue weighted by molar-refractivity contribution is -0.137. The largest absolute Gasteiger partial charge is 0.416 e. The maximum absolute atomic E-state index is 14.1. The van der Waals surface area contributed by atoms with Gasteiger partial charge in [-0.05, 0) is 30.3 Å². The van der Waals surface area contributed by atoms with Crippen LogP contribution in [0.25, 0.3) is 22.4 Å². The maximum Gasteiger partial charge on any atom is 0.416 e. The van der Waals surface area contributed by atoms with Crippen LogP contribution in [-0.4, -0.2) is 9.55 Å². The number of alkyl halides is 3. The summed E-state index contributed by atoms with van der Waals surface area (Å²) in [5.41, 5.74) is 1.78. The third kappa shape index (κ3) is 3.30. The number of fused-ring (bicyclic) bond motifs is 1. The Morgan fingerprint density at radius 3 is 2.19 bits per heavy atom. The standard InChI is InChI=1S/C21H14F4N2/c22-17-6-2-1-5-15(17)13-27-19-8-4-3-7-18(19)26-20(27)14-9-11-16(12-10-14)21(23,24)25/h1-12H,13H2. The molecule has 0 atom stereocenters. The van der Waals surface area contributed by atoms with E-state index < -0.39 is 11.7 Å². The first-order valence-electron chi connectivity index (χ1n) is 8.30. The second-order valence-corrected chi connectivity index (χ2v) is 6.18. The van der Waals surface area contributed by atoms with E-state index in [1.807, 2.05) is 28.8 Å². The van der Waals surface area contributed by atoms with Crippen LogP contribution in [0.4, 0.5) is 17.6 Å². The van der Waals surface area contributed by atoms with Crippen LogP contribution in [0.15, 0.2) is 72.8 Å². The maximum atomic E-state index is 14.1. The highest BCUT2D eigenvalue weighted by atomic mass is 19.4. The number of hydrogen-bond acceptors (Lipinski definition) is 1. The van der Waals surface area contributed by atoms with Crippen LogP contribution in [0.5, 0.6) is 0 Å². The molecule has 4 rings (SSSR count). The molecular formula is C21H14F4N2. The monoisotopic (exact) mass is 370 g/mol. The van der Waals surface area contributed by atoms with Crippen LogP contribution in [0.2, 0.25) is 0 Å². The molecule has 2 nitrogen and oxygen atoms in total. The van der Waals surface area contributed by atoms with Gasteiger partial charge in [-0.3, -0.25) is 0 Å². The Kier molecular flexibility index (Phi) is 4.18. The lowest BCUT2D eigenvalue weighted by atomic mass is 10.1. The smallest absolute Gasteiger partial charge is 0.319 e. The van der Waals surface area contributed by atoms with Gasteiger partial charge in [-0.2, -0.15) is 13.2 Å². The van der Waals surface area contributed by atoms with Gasteiger partial charge in [0.25, 0.3) is 0 Å². The van der Waals surface area contributed by atoms with E-state index in [0.717, 1.165) is 17.6 Å². The number of aromatic nitrogens is 2. The van der Waals surface area contributed by atoms with Crippen LogP contribution in [-0.2, 0) is 12.7 Å². The summed E-state index contributed by atoms with van der Waals surface area (Å²) in [5, 5.41) is 0. The molecule has 0 bridgehead atoms. The van der Waals surface area contributed by atoms with E-state index in [2.05, 4.69) is 4.98 Å². The van der Waals surface area contributed by atoms with Crippen molar-refractivity contribution in [2.75, 3.05) is 0 Å². The summed E-state index contributed by atoms with van der Waals surface area (Å²) in [7, 11) is 0. The third-order valence-corrected chi connectivity index (χ3v) is 4.41. The van der Waals surface area contributed by atoms with Gasteiger partial charge in [0, 0.05) is 11.1 Å². The second-order valence-electron chi connectivity index (χ2n) is 6.18. The Bertz CT molecular complexity index is 1100. The van der Waals surface area contributed by atoms with Crippen LogP contribution in [0, 0.1) is 5.82 Å². The Hall–Kier alpha value is -3.15. The summed E-state index contributed by atoms with van der Waals surface area (Å²) in [6, 6.07) is 18.6. The van der Waals surface area contributed by atoms with Gasteiger partial charge in [-0.15, -0.1) is 0 Å². The SMILES string of the molecule is Fc1ccccc1Cn1c(-c2ccc(C(F)(F)F)cc2)nc2ccccc21. The fourth-order valence-corrected chi connectivity index (χ4v) is 3.06. The first kappa shape index (κ1) is 17.3. The lowest BCUT2D eigenvalue weighted by Gasteiger charge is -2.11. The minimum Gasteiger partial charge on any atom is -0.319 e. The van der Waals surface area contributed by atoms with E-state index in [4.69, 9.17) is 0 Å². The fourth-order valence-electron chi connectivity index (χ4n) is 3.06. The summed E-state index contributed by atoms with van der Waals surface area (Å²) in [6.07, 6.45) is -4.40. The summed E-state index contributed by atoms with van der Waals surface area (Å²) in [5.74, 6) is 0.154. The van der Waals surface area contributed by atoms with Crippen LogP contribution in [0.1, 0.15) is 11.1 Å². The Morgan fingerprint density at radius 2 is 1.48 bits per heavy atom. The van der Waals surface area contributed by atoms with Crippen molar-refractivity contribution in [3.63, 3.8) is 0 Å². The van der Waals surface area contributed by atoms with E-state index in [9.17, 15) is 17.6 Å². The zero-order valence-electron chi connectivity index (χ0n) is 14.0. The molecule has 0 saturated heterocycles. The normalized spacial score (nSPS) is 11.9. The number of para-hydroxylation sites is 2. The van der Waals surface area contributed by atoms with Crippen molar-refractivity contribution in [3.8, 4) is 11.4 Å². The van der Waals surface area contributed by atoms with E-state index in [1.54, 1.807) is 18.2 Å². The molecule has 0 aliphatic rings. The summed E-state index contributed by atoms with van der Waals surface area (Å²) in [6.45, 7) is 0.226. The van der Waals surface area contributed by atoms with Crippen LogP contribution in [0.3, 0.4) is 0 Å². The van der Waals surface area contributed by atoms with Crippen molar-refractivity contribution in [3.05, 3.63) is 89.7 Å². The van der Waals surface area contributed by atoms with Crippen molar-refractivity contribution < 1.29 is 17.6 Å². The first-order valence-corrected chi connectivity index (χ1v) is 8.30. The average Bonchev–Trinajstić information content (AvgIpc) is 3.02. The van der Waals surface area contributed by atoms with E-state index >= 15 is 0 Å². The number of halogens is 4. The molecule has 4 aromatic rings. The van der Waals surface area contributed by atoms with Crippen molar-refractivity contribution in [2.45, 2.75) is 12.7 Å². The Labute approximate surface area is 152 Å². The van der Waals surface area contributed by atoms with E-state index in [-0.39, 0.29) is 12.4 Å². The minimum atomic E-state index is -4.40. The van der Waals surface area contributed by atoms with Crippen LogP contribution < -0.4 is 0 Å². The second kappa shape index (κ2) is 6.54. The number of benzene rings is 3. The summed E-state index contributed by atoms with van der Waals surface area (Å²) >= 11 is 0. The molecule has 3 aromatic carbocycles. The van der Waals surface area contributed by atoms with Gasteiger partial charge in [0.15, 0.2) is 0 Å². The molecule has 0 unspecified atom stereocenters. The highest BCUT2D eigenvalue weighted by molar-refractivity contribution is 5.80. The summed E-state index contributed by atoms with van der Waals surface area (Å²) in [4.78, 5) is 4.56. The zero-order valence-corrected chi connectivity index (χ0v) is 14.0. The van der Waals surface area contributed by atoms with Gasteiger partial charge in [0.2, 0.25) is 0 Å². The van der Waals surface area contributed by atoms with E-state index in [1.165, 1.54) is 18.2 Å². The van der Waals surface area contributed by atoms with Crippen LogP contribution >= 0.6 is 0 Å². The quantitative estimate of drug-likeness (QED) is 0.410.